The Kier molecular flexibility index (Phi) is 8.16. The molecule has 0 fully saturated rings. The first kappa shape index (κ1) is 19.0. The van der Waals surface area contributed by atoms with Crippen LogP contribution in [0.5, 0.6) is 5.75 Å². The molecule has 23 heavy (non-hydrogen) atoms. The van der Waals surface area contributed by atoms with Crippen molar-refractivity contribution < 1.29 is 14.3 Å². The average Bonchev–Trinajstić information content (AvgIpc) is 2.53. The summed E-state index contributed by atoms with van der Waals surface area (Å²) in [5, 5.41) is 5.52. The number of nitrogens with one attached hydrogen (secondary N) is 2. The lowest BCUT2D eigenvalue weighted by atomic mass is 10.1. The topological polar surface area (TPSA) is 67.4 Å². The molecule has 0 saturated carbocycles. The van der Waals surface area contributed by atoms with Crippen LogP contribution in [-0.4, -0.2) is 31.5 Å². The highest BCUT2D eigenvalue weighted by molar-refractivity contribution is 5.78. The molecule has 0 spiro atoms. The van der Waals surface area contributed by atoms with Crippen LogP contribution in [-0.2, 0) is 9.59 Å². The summed E-state index contributed by atoms with van der Waals surface area (Å²) < 4.78 is 5.64. The standard InChI is InChI=1S/C18H28N2O3/c1-5-6-7-16(21)19-10-11-20-17(22)12-23-18-14(3)9-8-13(2)15(18)4/h8-9H,5-7,10-12H2,1-4H3,(H,19,21)(H,20,22). The fourth-order valence-electron chi connectivity index (χ4n) is 2.17. The molecule has 5 nitrogen and oxygen atoms in total. The summed E-state index contributed by atoms with van der Waals surface area (Å²) in [6.07, 6.45) is 2.43. The van der Waals surface area contributed by atoms with Gasteiger partial charge in [-0.2, -0.15) is 0 Å². The monoisotopic (exact) mass is 320 g/mol. The zero-order valence-corrected chi connectivity index (χ0v) is 14.6. The van der Waals surface area contributed by atoms with Gasteiger partial charge in [0.2, 0.25) is 5.91 Å². The van der Waals surface area contributed by atoms with Gasteiger partial charge in [-0.1, -0.05) is 25.5 Å². The van der Waals surface area contributed by atoms with Crippen molar-refractivity contribution in [3.63, 3.8) is 0 Å². The maximum atomic E-state index is 11.8. The van der Waals surface area contributed by atoms with Crippen molar-refractivity contribution in [2.75, 3.05) is 19.7 Å². The minimum absolute atomic E-state index is 0.0189. The van der Waals surface area contributed by atoms with E-state index < -0.39 is 0 Å². The minimum atomic E-state index is -0.187. The molecule has 1 rings (SSSR count). The van der Waals surface area contributed by atoms with E-state index in [0.717, 1.165) is 35.3 Å². The Labute approximate surface area is 138 Å². The van der Waals surface area contributed by atoms with E-state index in [0.29, 0.717) is 19.5 Å². The van der Waals surface area contributed by atoms with Gasteiger partial charge in [-0.15, -0.1) is 0 Å². The fourth-order valence-corrected chi connectivity index (χ4v) is 2.17. The van der Waals surface area contributed by atoms with E-state index in [1.165, 1.54) is 0 Å². The second-order valence-corrected chi connectivity index (χ2v) is 5.75. The van der Waals surface area contributed by atoms with E-state index in [1.54, 1.807) is 0 Å². The van der Waals surface area contributed by atoms with Crippen LogP contribution >= 0.6 is 0 Å². The van der Waals surface area contributed by atoms with Crippen molar-refractivity contribution in [2.24, 2.45) is 0 Å². The van der Waals surface area contributed by atoms with E-state index in [-0.39, 0.29) is 18.4 Å². The van der Waals surface area contributed by atoms with Gasteiger partial charge in [-0.25, -0.2) is 0 Å². The van der Waals surface area contributed by atoms with E-state index in [2.05, 4.69) is 10.6 Å². The molecule has 128 valence electrons. The maximum absolute atomic E-state index is 11.8. The second-order valence-electron chi connectivity index (χ2n) is 5.75. The average molecular weight is 320 g/mol. The van der Waals surface area contributed by atoms with Crippen molar-refractivity contribution in [3.05, 3.63) is 28.8 Å². The number of hydrogen-bond donors (Lipinski definition) is 2. The molecule has 0 aromatic heterocycles. The summed E-state index contributed by atoms with van der Waals surface area (Å²) in [6.45, 7) is 8.85. The molecule has 0 heterocycles. The van der Waals surface area contributed by atoms with Crippen molar-refractivity contribution in [3.8, 4) is 5.75 Å². The van der Waals surface area contributed by atoms with Crippen LogP contribution in [0.4, 0.5) is 0 Å². The highest BCUT2D eigenvalue weighted by Crippen LogP contribution is 2.25. The molecular weight excluding hydrogens is 292 g/mol. The summed E-state index contributed by atoms with van der Waals surface area (Å²) in [4.78, 5) is 23.2. The van der Waals surface area contributed by atoms with Crippen molar-refractivity contribution >= 4 is 11.8 Å². The number of ether oxygens (including phenoxy) is 1. The third-order valence-corrected chi connectivity index (χ3v) is 3.75. The highest BCUT2D eigenvalue weighted by atomic mass is 16.5. The number of hydrogen-bond acceptors (Lipinski definition) is 3. The van der Waals surface area contributed by atoms with E-state index in [9.17, 15) is 9.59 Å². The lowest BCUT2D eigenvalue weighted by molar-refractivity contribution is -0.124. The first-order chi connectivity index (χ1) is 11.0. The number of carbonyl (C=O) groups excluding carboxylic acids is 2. The largest absolute Gasteiger partial charge is 0.483 e. The van der Waals surface area contributed by atoms with Crippen LogP contribution in [0.3, 0.4) is 0 Å². The Balaban J connectivity index is 2.28. The molecule has 0 aliphatic rings. The predicted molar refractivity (Wildman–Crippen MR) is 91.7 cm³/mol. The Morgan fingerprint density at radius 2 is 1.61 bits per heavy atom. The number of unbranched alkanes of at least 4 members (excludes halogenated alkanes) is 1. The Bertz CT molecular complexity index is 541. The summed E-state index contributed by atoms with van der Waals surface area (Å²) in [6, 6.07) is 4.03. The van der Waals surface area contributed by atoms with Gasteiger partial charge in [0.1, 0.15) is 5.75 Å². The second kappa shape index (κ2) is 9.87. The molecule has 0 unspecified atom stereocenters. The van der Waals surface area contributed by atoms with Gasteiger partial charge in [-0.3, -0.25) is 9.59 Å². The van der Waals surface area contributed by atoms with Gasteiger partial charge >= 0.3 is 0 Å². The molecule has 5 heteroatoms. The SMILES string of the molecule is CCCCC(=O)NCCNC(=O)COc1c(C)ccc(C)c1C. The molecule has 0 bridgehead atoms. The number of rotatable bonds is 9. The van der Waals surface area contributed by atoms with Gasteiger partial charge in [0.05, 0.1) is 0 Å². The molecule has 0 saturated heterocycles. The molecule has 2 N–H and O–H groups in total. The van der Waals surface area contributed by atoms with Crippen LogP contribution in [0.25, 0.3) is 0 Å². The molecule has 0 aliphatic heterocycles. The lowest BCUT2D eigenvalue weighted by Crippen LogP contribution is -2.36. The third-order valence-electron chi connectivity index (χ3n) is 3.75. The van der Waals surface area contributed by atoms with Crippen LogP contribution in [0.15, 0.2) is 12.1 Å². The van der Waals surface area contributed by atoms with Crippen LogP contribution in [0, 0.1) is 20.8 Å². The van der Waals surface area contributed by atoms with Gasteiger partial charge in [0.15, 0.2) is 6.61 Å². The zero-order chi connectivity index (χ0) is 17.2. The molecular formula is C18H28N2O3. The number of carbonyl (C=O) groups is 2. The molecule has 0 aliphatic carbocycles. The van der Waals surface area contributed by atoms with Crippen LogP contribution in [0.2, 0.25) is 0 Å². The summed E-state index contributed by atoms with van der Waals surface area (Å²) >= 11 is 0. The Hall–Kier alpha value is -2.04. The zero-order valence-electron chi connectivity index (χ0n) is 14.6. The normalized spacial score (nSPS) is 10.3. The lowest BCUT2D eigenvalue weighted by Gasteiger charge is -2.14. The number of amides is 2. The molecule has 0 radical (unpaired) electrons. The molecule has 0 atom stereocenters. The molecule has 1 aromatic rings. The Morgan fingerprint density at radius 1 is 1.00 bits per heavy atom. The molecule has 1 aromatic carbocycles. The van der Waals surface area contributed by atoms with Gasteiger partial charge in [-0.05, 0) is 43.9 Å². The van der Waals surface area contributed by atoms with Crippen molar-refractivity contribution in [2.45, 2.75) is 47.0 Å². The van der Waals surface area contributed by atoms with Gasteiger partial charge in [0, 0.05) is 19.5 Å². The quantitative estimate of drug-likeness (QED) is 0.687. The van der Waals surface area contributed by atoms with Gasteiger partial charge < -0.3 is 15.4 Å². The molecule has 2 amide bonds. The third kappa shape index (κ3) is 6.72. The van der Waals surface area contributed by atoms with E-state index >= 15 is 0 Å². The minimum Gasteiger partial charge on any atom is -0.483 e. The van der Waals surface area contributed by atoms with E-state index in [1.807, 2.05) is 39.8 Å². The van der Waals surface area contributed by atoms with Gasteiger partial charge in [0.25, 0.3) is 5.91 Å². The first-order valence-corrected chi connectivity index (χ1v) is 8.18. The summed E-state index contributed by atoms with van der Waals surface area (Å²) in [5.41, 5.74) is 3.21. The highest BCUT2D eigenvalue weighted by Gasteiger charge is 2.09. The summed E-state index contributed by atoms with van der Waals surface area (Å²) in [5.74, 6) is 0.615. The van der Waals surface area contributed by atoms with Crippen LogP contribution < -0.4 is 15.4 Å². The van der Waals surface area contributed by atoms with Crippen molar-refractivity contribution in [1.29, 1.82) is 0 Å². The van der Waals surface area contributed by atoms with Crippen LogP contribution in [0.1, 0.15) is 42.9 Å². The maximum Gasteiger partial charge on any atom is 0.258 e. The van der Waals surface area contributed by atoms with E-state index in [4.69, 9.17) is 4.74 Å². The number of aryl methyl sites for hydroxylation is 2. The number of benzene rings is 1. The summed E-state index contributed by atoms with van der Waals surface area (Å²) in [7, 11) is 0. The predicted octanol–water partition coefficient (Wildman–Crippen LogP) is 2.41. The smallest absolute Gasteiger partial charge is 0.258 e. The first-order valence-electron chi connectivity index (χ1n) is 8.18. The fraction of sp³-hybridized carbons (Fsp3) is 0.556. The van der Waals surface area contributed by atoms with Crippen molar-refractivity contribution in [1.82, 2.24) is 10.6 Å². The Morgan fingerprint density at radius 3 is 2.26 bits per heavy atom.